The van der Waals surface area contributed by atoms with Crippen LogP contribution < -0.4 is 5.46 Å². The summed E-state index contributed by atoms with van der Waals surface area (Å²) < 4.78 is 5.04. The molecule has 0 atom stereocenters. The molecule has 0 bridgehead atoms. The van der Waals surface area contributed by atoms with Gasteiger partial charge in [-0.15, -0.1) is 0 Å². The fourth-order valence-electron chi connectivity index (χ4n) is 1.81. The number of hydrogen-bond acceptors (Lipinski definition) is 4. The molecule has 0 radical (unpaired) electrons. The third-order valence-corrected chi connectivity index (χ3v) is 2.77. The van der Waals surface area contributed by atoms with Crippen LogP contribution in [-0.2, 0) is 4.74 Å². The fourth-order valence-corrected chi connectivity index (χ4v) is 1.81. The lowest BCUT2D eigenvalue weighted by atomic mass is 9.91. The van der Waals surface area contributed by atoms with Crippen molar-refractivity contribution in [2.24, 2.45) is 0 Å². The Hall–Kier alpha value is -2.17. The van der Waals surface area contributed by atoms with E-state index in [0.717, 1.165) is 22.3 Å². The van der Waals surface area contributed by atoms with Crippen LogP contribution >= 0.6 is 0 Å². The monoisotopic (exact) mass is 254 g/mol. The van der Waals surface area contributed by atoms with E-state index in [-0.39, 0.29) is 5.97 Å². The summed E-state index contributed by atoms with van der Waals surface area (Å²) in [7, 11) is 1.84. The van der Waals surface area contributed by atoms with Gasteiger partial charge in [0.1, 0.15) is 7.85 Å². The average Bonchev–Trinajstić information content (AvgIpc) is 2.39. The number of ether oxygens (including phenoxy) is 1. The van der Waals surface area contributed by atoms with E-state index in [4.69, 9.17) is 4.74 Å². The first-order valence-corrected chi connectivity index (χ1v) is 6.17. The molecule has 0 aliphatic rings. The molecular formula is C14H15BN2O2. The van der Waals surface area contributed by atoms with Crippen LogP contribution in [0.25, 0.3) is 11.3 Å². The van der Waals surface area contributed by atoms with Crippen LogP contribution in [0, 0.1) is 6.92 Å². The molecule has 19 heavy (non-hydrogen) atoms. The second kappa shape index (κ2) is 5.65. The lowest BCUT2D eigenvalue weighted by molar-refractivity contribution is 0.0528. The Labute approximate surface area is 113 Å². The summed E-state index contributed by atoms with van der Waals surface area (Å²) in [4.78, 5) is 20.3. The molecule has 0 N–H and O–H groups in total. The molecule has 0 aliphatic carbocycles. The van der Waals surface area contributed by atoms with Gasteiger partial charge in [0.15, 0.2) is 0 Å². The van der Waals surface area contributed by atoms with Gasteiger partial charge in [-0.3, -0.25) is 9.97 Å². The number of esters is 1. The third-order valence-electron chi connectivity index (χ3n) is 2.77. The van der Waals surface area contributed by atoms with Gasteiger partial charge in [0.2, 0.25) is 0 Å². The van der Waals surface area contributed by atoms with Gasteiger partial charge in [0, 0.05) is 24.2 Å². The number of aryl methyl sites for hydroxylation is 1. The molecular weight excluding hydrogens is 239 g/mol. The molecule has 96 valence electrons. The quantitative estimate of drug-likeness (QED) is 0.603. The van der Waals surface area contributed by atoms with Crippen LogP contribution in [0.1, 0.15) is 22.8 Å². The minimum atomic E-state index is -0.315. The predicted molar refractivity (Wildman–Crippen MR) is 76.3 cm³/mol. The highest BCUT2D eigenvalue weighted by molar-refractivity contribution is 6.36. The van der Waals surface area contributed by atoms with Gasteiger partial charge in [-0.2, -0.15) is 0 Å². The van der Waals surface area contributed by atoms with Crippen LogP contribution in [-0.4, -0.2) is 30.4 Å². The highest BCUT2D eigenvalue weighted by Gasteiger charge is 2.12. The number of carbonyl (C=O) groups is 1. The fraction of sp³-hybridized carbons (Fsp3) is 0.214. The Morgan fingerprint density at radius 1 is 1.32 bits per heavy atom. The second-order valence-electron chi connectivity index (χ2n) is 4.36. The van der Waals surface area contributed by atoms with Crippen LogP contribution in [0.3, 0.4) is 0 Å². The predicted octanol–water partition coefficient (Wildman–Crippen LogP) is 0.887. The van der Waals surface area contributed by atoms with Crippen LogP contribution in [0.4, 0.5) is 0 Å². The van der Waals surface area contributed by atoms with Crippen molar-refractivity contribution in [3.8, 4) is 11.3 Å². The Morgan fingerprint density at radius 3 is 2.79 bits per heavy atom. The molecule has 0 unspecified atom stereocenters. The average molecular weight is 254 g/mol. The molecule has 0 spiro atoms. The molecule has 0 saturated heterocycles. The van der Waals surface area contributed by atoms with Gasteiger partial charge in [0.05, 0.1) is 17.9 Å². The van der Waals surface area contributed by atoms with E-state index in [1.165, 1.54) is 0 Å². The molecule has 4 nitrogen and oxygen atoms in total. The van der Waals surface area contributed by atoms with Crippen molar-refractivity contribution >= 4 is 19.3 Å². The van der Waals surface area contributed by atoms with Crippen molar-refractivity contribution in [3.63, 3.8) is 0 Å². The van der Waals surface area contributed by atoms with Crippen molar-refractivity contribution in [2.45, 2.75) is 13.8 Å². The van der Waals surface area contributed by atoms with Gasteiger partial charge in [-0.25, -0.2) is 4.79 Å². The molecule has 0 aliphatic heterocycles. The Bertz CT molecular complexity index is 614. The Kier molecular flexibility index (Phi) is 3.95. The summed E-state index contributed by atoms with van der Waals surface area (Å²) in [6.45, 7) is 4.12. The SMILES string of the molecule is Bc1cnc(-c2cncc(C)c2)cc1C(=O)OCC. The molecule has 2 aromatic rings. The zero-order valence-electron chi connectivity index (χ0n) is 11.3. The molecule has 0 saturated carbocycles. The van der Waals surface area contributed by atoms with E-state index in [0.29, 0.717) is 12.2 Å². The van der Waals surface area contributed by atoms with Crippen molar-refractivity contribution in [1.82, 2.24) is 9.97 Å². The van der Waals surface area contributed by atoms with E-state index < -0.39 is 0 Å². The first-order chi connectivity index (χ1) is 9.11. The summed E-state index contributed by atoms with van der Waals surface area (Å²) in [6, 6.07) is 3.74. The molecule has 0 fully saturated rings. The normalized spacial score (nSPS) is 10.2. The number of aromatic nitrogens is 2. The molecule has 2 aromatic heterocycles. The molecule has 0 amide bonds. The minimum absolute atomic E-state index is 0.315. The summed E-state index contributed by atoms with van der Waals surface area (Å²) in [5.41, 5.74) is 4.03. The number of pyridine rings is 2. The maximum Gasteiger partial charge on any atom is 0.337 e. The molecule has 0 aromatic carbocycles. The van der Waals surface area contributed by atoms with Crippen LogP contribution in [0.5, 0.6) is 0 Å². The van der Waals surface area contributed by atoms with Crippen molar-refractivity contribution in [3.05, 3.63) is 41.9 Å². The van der Waals surface area contributed by atoms with E-state index in [1.807, 2.05) is 20.8 Å². The van der Waals surface area contributed by atoms with E-state index in [9.17, 15) is 4.79 Å². The Balaban J connectivity index is 2.44. The zero-order chi connectivity index (χ0) is 13.8. The van der Waals surface area contributed by atoms with Crippen molar-refractivity contribution in [2.75, 3.05) is 6.61 Å². The topological polar surface area (TPSA) is 52.1 Å². The maximum absolute atomic E-state index is 11.9. The number of carbonyl (C=O) groups excluding carboxylic acids is 1. The third kappa shape index (κ3) is 2.99. The number of nitrogens with zero attached hydrogens (tertiary/aromatic N) is 2. The Morgan fingerprint density at radius 2 is 2.11 bits per heavy atom. The number of rotatable bonds is 3. The standard InChI is InChI=1S/C14H15BN2O2/c1-3-19-14(18)11-5-13(17-8-12(11)15)10-4-9(2)6-16-7-10/h4-8H,3,15H2,1-2H3. The van der Waals surface area contributed by atoms with Crippen LogP contribution in [0.15, 0.2) is 30.7 Å². The first kappa shape index (κ1) is 13.3. The summed E-state index contributed by atoms with van der Waals surface area (Å²) in [5.74, 6) is -0.315. The van der Waals surface area contributed by atoms with Crippen molar-refractivity contribution < 1.29 is 9.53 Å². The smallest absolute Gasteiger partial charge is 0.337 e. The number of hydrogen-bond donors (Lipinski definition) is 0. The molecule has 2 heterocycles. The lowest BCUT2D eigenvalue weighted by Gasteiger charge is -2.08. The van der Waals surface area contributed by atoms with Gasteiger partial charge in [0.25, 0.3) is 0 Å². The highest BCUT2D eigenvalue weighted by Crippen LogP contribution is 2.17. The maximum atomic E-state index is 11.9. The first-order valence-electron chi connectivity index (χ1n) is 6.17. The molecule has 2 rings (SSSR count). The summed E-state index contributed by atoms with van der Waals surface area (Å²) >= 11 is 0. The van der Waals surface area contributed by atoms with E-state index in [2.05, 4.69) is 9.97 Å². The zero-order valence-corrected chi connectivity index (χ0v) is 11.3. The van der Waals surface area contributed by atoms with Gasteiger partial charge >= 0.3 is 5.97 Å². The largest absolute Gasteiger partial charge is 0.462 e. The summed E-state index contributed by atoms with van der Waals surface area (Å²) in [6.07, 6.45) is 5.20. The van der Waals surface area contributed by atoms with Crippen LogP contribution in [0.2, 0.25) is 0 Å². The van der Waals surface area contributed by atoms with Gasteiger partial charge in [-0.05, 0) is 31.5 Å². The minimum Gasteiger partial charge on any atom is -0.462 e. The van der Waals surface area contributed by atoms with E-state index in [1.54, 1.807) is 31.6 Å². The van der Waals surface area contributed by atoms with E-state index >= 15 is 0 Å². The van der Waals surface area contributed by atoms with Gasteiger partial charge < -0.3 is 4.74 Å². The van der Waals surface area contributed by atoms with Gasteiger partial charge in [-0.1, -0.05) is 5.46 Å². The highest BCUT2D eigenvalue weighted by atomic mass is 16.5. The lowest BCUT2D eigenvalue weighted by Crippen LogP contribution is -2.19. The second-order valence-corrected chi connectivity index (χ2v) is 4.36. The van der Waals surface area contributed by atoms with Crippen molar-refractivity contribution in [1.29, 1.82) is 0 Å². The molecule has 5 heteroatoms. The summed E-state index contributed by atoms with van der Waals surface area (Å²) in [5, 5.41) is 0.